The van der Waals surface area contributed by atoms with E-state index in [4.69, 9.17) is 18.9 Å². The summed E-state index contributed by atoms with van der Waals surface area (Å²) in [5, 5.41) is 19.2. The number of fused-ring (bicyclic) bond motifs is 4. The maximum absolute atomic E-state index is 12.3. The highest BCUT2D eigenvalue weighted by molar-refractivity contribution is 9.10. The minimum Gasteiger partial charge on any atom is -0.387 e. The standard InChI is InChI=1S/C15H21N3O3.C13H16BrN3O2.C13H17N3O2.C11H12BrN3O/c1-9(19)11-8-17-13-12(18-11)10(7-16-13)15(14(2,3)4)20-5-6-21-15;1-12(2,3)13(18-4-5-19-13)8-6-15-11-10(8)17-9(14)7-16-11;1-7(17)9-6-15-12-10(16-9)8(5-14-12)11(18)13(2,3)4;1-11(2,3)9(16)6-4-13-10-8(6)15-7(12)5-14-10/h7-9,19H,5-6H2,1-4H3,(H,16,17);6-7H,4-5H2,1-3H3,(H,15,16);5-7,17H,1-4H3,(H,14,15);4-5H,1-3H3,(H,13,14). The molecule has 10 rings (SSSR count). The van der Waals surface area contributed by atoms with Gasteiger partial charge in [-0.1, -0.05) is 83.1 Å². The van der Waals surface area contributed by atoms with Crippen molar-refractivity contribution in [2.45, 2.75) is 121 Å². The Hall–Kier alpha value is -5.46. The second-order valence-electron chi connectivity index (χ2n) is 22.2. The van der Waals surface area contributed by atoms with Crippen LogP contribution in [0.15, 0.2) is 58.8 Å². The Bertz CT molecular complexity index is 3290. The number of Topliss-reactive ketones (excluding diaryl/α,β-unsaturated/α-hetero) is 2. The lowest BCUT2D eigenvalue weighted by atomic mass is 9.81. The van der Waals surface area contributed by atoms with Crippen LogP contribution in [0.2, 0.25) is 0 Å². The van der Waals surface area contributed by atoms with Gasteiger partial charge in [0.15, 0.2) is 34.2 Å². The van der Waals surface area contributed by atoms with Crippen molar-refractivity contribution >= 4 is 88.1 Å². The molecule has 20 nitrogen and oxygen atoms in total. The SMILES string of the molecule is CC(C)(C)C(=O)c1c[nH]c2ncc(Br)nc12.CC(C)(C)C1(c2c[nH]c3ncc(Br)nc23)OCCO1.CC(O)c1cnc2[nH]cc(C(=O)C(C)(C)C)c2n1.CC(O)c1cnc2[nH]cc(C3(C(C)(C)C)OCCO3)c2n1. The lowest BCUT2D eigenvalue weighted by molar-refractivity contribution is -0.231. The average molecular weight is 1150 g/mol. The fourth-order valence-corrected chi connectivity index (χ4v) is 8.98. The van der Waals surface area contributed by atoms with Crippen molar-refractivity contribution in [3.8, 4) is 0 Å². The minimum absolute atomic E-state index is 0.00536. The van der Waals surface area contributed by atoms with Crippen LogP contribution in [-0.2, 0) is 30.5 Å². The number of aromatic nitrogens is 12. The van der Waals surface area contributed by atoms with E-state index in [1.807, 2.05) is 53.9 Å². The number of carbonyl (C=O) groups excluding carboxylic acids is 2. The molecule has 0 radical (unpaired) electrons. The van der Waals surface area contributed by atoms with Gasteiger partial charge in [-0.3, -0.25) is 9.59 Å². The highest BCUT2D eigenvalue weighted by Gasteiger charge is 2.52. The first-order valence-corrected chi connectivity index (χ1v) is 25.8. The number of halogens is 2. The Balaban J connectivity index is 0.000000145. The van der Waals surface area contributed by atoms with Gasteiger partial charge in [0.2, 0.25) is 11.6 Å². The molecule has 8 aromatic heterocycles. The molecule has 0 spiro atoms. The quantitative estimate of drug-likeness (QED) is 0.0845. The van der Waals surface area contributed by atoms with Gasteiger partial charge in [-0.2, -0.15) is 0 Å². The van der Waals surface area contributed by atoms with E-state index < -0.39 is 34.6 Å². The molecular weight excluding hydrogens is 1080 g/mol. The number of ether oxygens (including phenoxy) is 4. The number of carbonyl (C=O) groups is 2. The first-order valence-electron chi connectivity index (χ1n) is 24.2. The van der Waals surface area contributed by atoms with E-state index in [2.05, 4.69) is 133 Å². The molecule has 2 fully saturated rings. The minimum atomic E-state index is -0.850. The van der Waals surface area contributed by atoms with E-state index in [1.54, 1.807) is 44.8 Å². The molecule has 0 saturated carbocycles. The molecule has 0 aromatic carbocycles. The maximum atomic E-state index is 12.3. The number of hydrogen-bond donors (Lipinski definition) is 6. The third-order valence-corrected chi connectivity index (χ3v) is 13.0. The highest BCUT2D eigenvalue weighted by Crippen LogP contribution is 2.49. The van der Waals surface area contributed by atoms with Crippen molar-refractivity contribution in [2.75, 3.05) is 26.4 Å². The van der Waals surface area contributed by atoms with Gasteiger partial charge in [-0.25, -0.2) is 39.9 Å². The smallest absolute Gasteiger partial charge is 0.203 e. The summed E-state index contributed by atoms with van der Waals surface area (Å²) in [6, 6.07) is 0. The summed E-state index contributed by atoms with van der Waals surface area (Å²) in [5.41, 5.74) is 7.69. The second kappa shape index (κ2) is 21.3. The largest absolute Gasteiger partial charge is 0.387 e. The molecule has 2 atom stereocenters. The maximum Gasteiger partial charge on any atom is 0.203 e. The fourth-order valence-electron chi connectivity index (χ4n) is 8.42. The predicted molar refractivity (Wildman–Crippen MR) is 286 cm³/mol. The van der Waals surface area contributed by atoms with Crippen LogP contribution in [0.3, 0.4) is 0 Å². The number of aliphatic hydroxyl groups is 2. The summed E-state index contributed by atoms with van der Waals surface area (Å²) >= 11 is 6.61. The summed E-state index contributed by atoms with van der Waals surface area (Å²) in [6.07, 6.45) is 12.0. The van der Waals surface area contributed by atoms with Crippen molar-refractivity contribution in [2.24, 2.45) is 21.7 Å². The van der Waals surface area contributed by atoms with Crippen LogP contribution in [0.5, 0.6) is 0 Å². The predicted octanol–water partition coefficient (Wildman–Crippen LogP) is 10.4. The van der Waals surface area contributed by atoms with E-state index in [1.165, 1.54) is 6.20 Å². The molecule has 2 unspecified atom stereocenters. The Kier molecular flexibility index (Phi) is 16.2. The van der Waals surface area contributed by atoms with Gasteiger partial charge in [-0.15, -0.1) is 0 Å². The first kappa shape index (κ1) is 56.3. The van der Waals surface area contributed by atoms with Gasteiger partial charge in [0.1, 0.15) is 31.3 Å². The molecule has 6 N–H and O–H groups in total. The van der Waals surface area contributed by atoms with Crippen LogP contribution in [0.4, 0.5) is 0 Å². The number of aromatic amines is 4. The van der Waals surface area contributed by atoms with E-state index in [0.29, 0.717) is 91.6 Å². The Morgan fingerprint density at radius 3 is 1.15 bits per heavy atom. The van der Waals surface area contributed by atoms with Crippen molar-refractivity contribution in [3.63, 3.8) is 0 Å². The van der Waals surface area contributed by atoms with Gasteiger partial charge in [0, 0.05) is 46.4 Å². The van der Waals surface area contributed by atoms with Crippen LogP contribution in [0, 0.1) is 21.7 Å². The lowest BCUT2D eigenvalue weighted by Crippen LogP contribution is -2.41. The summed E-state index contributed by atoms with van der Waals surface area (Å²) in [5.74, 6) is -1.56. The van der Waals surface area contributed by atoms with Crippen LogP contribution in [0.1, 0.15) is 152 Å². The van der Waals surface area contributed by atoms with Crippen molar-refractivity contribution in [1.82, 2.24) is 59.8 Å². The fraction of sp³-hybridized carbons (Fsp3) is 0.500. The van der Waals surface area contributed by atoms with Crippen molar-refractivity contribution < 1.29 is 38.7 Å². The van der Waals surface area contributed by atoms with Crippen molar-refractivity contribution in [3.05, 3.63) is 92.4 Å². The average Bonchev–Trinajstić information content (AvgIpc) is 4.19. The van der Waals surface area contributed by atoms with Crippen LogP contribution >= 0.6 is 31.9 Å². The Labute approximate surface area is 445 Å². The molecular formula is C52H66Br2N12O8. The molecule has 0 aliphatic carbocycles. The van der Waals surface area contributed by atoms with Crippen LogP contribution in [0.25, 0.3) is 44.7 Å². The highest BCUT2D eigenvalue weighted by atomic mass is 79.9. The van der Waals surface area contributed by atoms with E-state index in [0.717, 1.165) is 22.3 Å². The summed E-state index contributed by atoms with van der Waals surface area (Å²) in [4.78, 5) is 71.1. The molecule has 396 valence electrons. The molecule has 2 saturated heterocycles. The molecule has 8 aromatic rings. The van der Waals surface area contributed by atoms with E-state index >= 15 is 0 Å². The number of ketones is 2. The van der Waals surface area contributed by atoms with E-state index in [-0.39, 0.29) is 22.4 Å². The zero-order valence-corrected chi connectivity index (χ0v) is 47.5. The third-order valence-electron chi connectivity index (χ3n) is 12.3. The number of aliphatic hydroxyl groups excluding tert-OH is 2. The number of nitrogens with zero attached hydrogens (tertiary/aromatic N) is 8. The summed E-state index contributed by atoms with van der Waals surface area (Å²) in [7, 11) is 0. The number of hydrogen-bond acceptors (Lipinski definition) is 16. The van der Waals surface area contributed by atoms with Crippen LogP contribution < -0.4 is 0 Å². The molecule has 2 aliphatic heterocycles. The zero-order valence-electron chi connectivity index (χ0n) is 44.3. The molecule has 22 heteroatoms. The van der Waals surface area contributed by atoms with Gasteiger partial charge < -0.3 is 49.1 Å². The second-order valence-corrected chi connectivity index (χ2v) is 23.8. The number of H-pyrrole nitrogens is 4. The van der Waals surface area contributed by atoms with Crippen LogP contribution in [-0.4, -0.2) is 108 Å². The van der Waals surface area contributed by atoms with Gasteiger partial charge >= 0.3 is 0 Å². The zero-order chi connectivity index (χ0) is 54.3. The number of nitrogens with one attached hydrogen (secondary N) is 4. The van der Waals surface area contributed by atoms with Gasteiger partial charge in [0.05, 0.1) is 97.1 Å². The van der Waals surface area contributed by atoms with Gasteiger partial charge in [-0.05, 0) is 45.7 Å². The number of rotatable bonds is 6. The normalized spacial score (nSPS) is 16.6. The monoisotopic (exact) mass is 1140 g/mol. The molecule has 10 heterocycles. The Morgan fingerprint density at radius 2 is 0.797 bits per heavy atom. The first-order chi connectivity index (χ1) is 34.5. The lowest BCUT2D eigenvalue weighted by Gasteiger charge is -2.39. The Morgan fingerprint density at radius 1 is 0.500 bits per heavy atom. The molecule has 0 amide bonds. The molecule has 74 heavy (non-hydrogen) atoms. The summed E-state index contributed by atoms with van der Waals surface area (Å²) in [6.45, 7) is 29.3. The van der Waals surface area contributed by atoms with Gasteiger partial charge in [0.25, 0.3) is 0 Å². The summed E-state index contributed by atoms with van der Waals surface area (Å²) < 4.78 is 25.2. The topological polar surface area (TPSA) is 278 Å². The van der Waals surface area contributed by atoms with E-state index in [9.17, 15) is 19.8 Å². The molecule has 0 bridgehead atoms. The third kappa shape index (κ3) is 11.4. The van der Waals surface area contributed by atoms with Crippen molar-refractivity contribution in [1.29, 1.82) is 0 Å². The molecule has 2 aliphatic rings.